The maximum atomic E-state index is 12.4. The van der Waals surface area contributed by atoms with Crippen molar-refractivity contribution in [2.45, 2.75) is 45.8 Å². The molecule has 170 valence electrons. The summed E-state index contributed by atoms with van der Waals surface area (Å²) >= 11 is 0. The number of alkyl halides is 3. The molecule has 0 unspecified atom stereocenters. The Labute approximate surface area is 178 Å². The number of amides is 2. The zero-order chi connectivity index (χ0) is 23.2. The Bertz CT molecular complexity index is 828. The molecule has 7 nitrogen and oxygen atoms in total. The minimum absolute atomic E-state index is 0.0427. The maximum Gasteiger partial charge on any atom is 0.490 e. The number of carbonyl (C=O) groups is 3. The first-order valence-corrected chi connectivity index (χ1v) is 9.82. The fourth-order valence-corrected chi connectivity index (χ4v) is 3.71. The second-order valence-electron chi connectivity index (χ2n) is 8.14. The molecule has 2 aliphatic heterocycles. The van der Waals surface area contributed by atoms with Crippen LogP contribution in [-0.4, -0.2) is 63.5 Å². The molecule has 2 fully saturated rings. The fraction of sp³-hybridized carbons (Fsp3) is 0.524. The van der Waals surface area contributed by atoms with Gasteiger partial charge in [-0.15, -0.1) is 0 Å². The van der Waals surface area contributed by atoms with Crippen molar-refractivity contribution in [1.82, 2.24) is 14.8 Å². The lowest BCUT2D eigenvalue weighted by Gasteiger charge is -2.38. The molecule has 1 spiro atoms. The molecule has 0 aromatic carbocycles. The van der Waals surface area contributed by atoms with Crippen LogP contribution in [0.1, 0.15) is 38.7 Å². The molecule has 2 saturated heterocycles. The van der Waals surface area contributed by atoms with Crippen molar-refractivity contribution in [3.63, 3.8) is 0 Å². The molecule has 0 aliphatic carbocycles. The van der Waals surface area contributed by atoms with E-state index in [2.05, 4.69) is 4.98 Å². The molecule has 1 aromatic heterocycles. The number of aliphatic carboxylic acids is 1. The number of rotatable bonds is 3. The summed E-state index contributed by atoms with van der Waals surface area (Å²) in [4.78, 5) is 41.5. The Morgan fingerprint density at radius 1 is 1.26 bits per heavy atom. The minimum Gasteiger partial charge on any atom is -0.475 e. The van der Waals surface area contributed by atoms with Crippen molar-refractivity contribution in [1.29, 1.82) is 0 Å². The van der Waals surface area contributed by atoms with Gasteiger partial charge in [-0.2, -0.15) is 13.2 Å². The maximum absolute atomic E-state index is 12.4. The summed E-state index contributed by atoms with van der Waals surface area (Å²) in [7, 11) is 0. The molecule has 31 heavy (non-hydrogen) atoms. The van der Waals surface area contributed by atoms with Gasteiger partial charge in [-0.3, -0.25) is 14.6 Å². The zero-order valence-corrected chi connectivity index (χ0v) is 17.5. The van der Waals surface area contributed by atoms with Crippen LogP contribution in [0.15, 0.2) is 36.2 Å². The zero-order valence-electron chi connectivity index (χ0n) is 17.5. The van der Waals surface area contributed by atoms with Crippen LogP contribution in [0.25, 0.3) is 0 Å². The monoisotopic (exact) mass is 441 g/mol. The number of halogens is 3. The molecule has 2 aliphatic rings. The van der Waals surface area contributed by atoms with Crippen LogP contribution in [0.5, 0.6) is 0 Å². The van der Waals surface area contributed by atoms with Crippen molar-refractivity contribution < 1.29 is 32.7 Å². The number of piperidine rings is 1. The van der Waals surface area contributed by atoms with Gasteiger partial charge in [0.25, 0.3) is 0 Å². The number of hydrogen-bond donors (Lipinski definition) is 1. The Balaban J connectivity index is 0.000000423. The molecule has 0 radical (unpaired) electrons. The van der Waals surface area contributed by atoms with E-state index < -0.39 is 12.1 Å². The molecule has 3 rings (SSSR count). The van der Waals surface area contributed by atoms with Gasteiger partial charge in [0, 0.05) is 56.5 Å². The van der Waals surface area contributed by atoms with Crippen LogP contribution >= 0.6 is 0 Å². The number of allylic oxidation sites excluding steroid dienone is 1. The first-order chi connectivity index (χ1) is 14.4. The van der Waals surface area contributed by atoms with Crippen LogP contribution < -0.4 is 0 Å². The van der Waals surface area contributed by atoms with Crippen molar-refractivity contribution in [2.24, 2.45) is 5.41 Å². The Morgan fingerprint density at radius 2 is 1.87 bits per heavy atom. The fourth-order valence-electron chi connectivity index (χ4n) is 3.71. The highest BCUT2D eigenvalue weighted by Crippen LogP contribution is 2.41. The number of likely N-dealkylation sites (tertiary alicyclic amines) is 2. The van der Waals surface area contributed by atoms with Gasteiger partial charge in [0.1, 0.15) is 0 Å². The van der Waals surface area contributed by atoms with Crippen molar-refractivity contribution >= 4 is 17.8 Å². The van der Waals surface area contributed by atoms with Crippen LogP contribution in [0, 0.1) is 5.41 Å². The average Bonchev–Trinajstić information content (AvgIpc) is 2.97. The van der Waals surface area contributed by atoms with Gasteiger partial charge in [0.15, 0.2) is 0 Å². The number of carbonyl (C=O) groups excluding carboxylic acids is 2. The number of hydrogen-bond acceptors (Lipinski definition) is 4. The SMILES string of the molecule is CC(C)=CC(=O)N1CCC2(CC1)CC(=O)N(Cc1cccnc1)C2.O=C(O)C(F)(F)F. The van der Waals surface area contributed by atoms with E-state index in [1.54, 1.807) is 12.3 Å². The minimum atomic E-state index is -5.08. The van der Waals surface area contributed by atoms with E-state index in [9.17, 15) is 22.8 Å². The van der Waals surface area contributed by atoms with Gasteiger partial charge in [-0.05, 0) is 38.3 Å². The standard InChI is InChI=1S/C19H25N3O2.C2HF3O2/c1-15(2)10-17(23)21-8-5-19(6-9-21)11-18(24)22(14-19)13-16-4-3-7-20-12-16;3-2(4,5)1(6)7/h3-4,7,10,12H,5-6,8-9,11,13-14H2,1-2H3;(H,6,7). The van der Waals surface area contributed by atoms with Crippen molar-refractivity contribution in [3.05, 3.63) is 41.7 Å². The van der Waals surface area contributed by atoms with Gasteiger partial charge in [0.05, 0.1) is 0 Å². The summed E-state index contributed by atoms with van der Waals surface area (Å²) in [6.45, 7) is 6.80. The van der Waals surface area contributed by atoms with E-state index in [0.29, 0.717) is 13.0 Å². The van der Waals surface area contributed by atoms with E-state index in [-0.39, 0.29) is 17.2 Å². The molecule has 10 heteroatoms. The summed E-state index contributed by atoms with van der Waals surface area (Å²) in [5.74, 6) is -2.43. The van der Waals surface area contributed by atoms with Crippen LogP contribution in [0.4, 0.5) is 13.2 Å². The molecular formula is C21H26F3N3O4. The number of pyridine rings is 1. The normalized spacial score (nSPS) is 17.8. The Morgan fingerprint density at radius 3 is 2.35 bits per heavy atom. The predicted octanol–water partition coefficient (Wildman–Crippen LogP) is 3.02. The third-order valence-electron chi connectivity index (χ3n) is 5.29. The van der Waals surface area contributed by atoms with Gasteiger partial charge >= 0.3 is 12.1 Å². The molecule has 3 heterocycles. The highest BCUT2D eigenvalue weighted by atomic mass is 19.4. The predicted molar refractivity (Wildman–Crippen MR) is 106 cm³/mol. The summed E-state index contributed by atoms with van der Waals surface area (Å²) in [5, 5.41) is 7.12. The lowest BCUT2D eigenvalue weighted by Crippen LogP contribution is -2.43. The average molecular weight is 441 g/mol. The van der Waals surface area contributed by atoms with Crippen LogP contribution in [0.2, 0.25) is 0 Å². The third kappa shape index (κ3) is 7.08. The van der Waals surface area contributed by atoms with Gasteiger partial charge in [0.2, 0.25) is 11.8 Å². The van der Waals surface area contributed by atoms with Gasteiger partial charge in [-0.1, -0.05) is 11.6 Å². The van der Waals surface area contributed by atoms with E-state index in [1.165, 1.54) is 0 Å². The van der Waals surface area contributed by atoms with Crippen molar-refractivity contribution in [2.75, 3.05) is 19.6 Å². The van der Waals surface area contributed by atoms with E-state index >= 15 is 0 Å². The molecule has 1 aromatic rings. The number of carboxylic acids is 1. The highest BCUT2D eigenvalue weighted by Gasteiger charge is 2.45. The van der Waals surface area contributed by atoms with Gasteiger partial charge in [-0.25, -0.2) is 4.79 Å². The molecule has 2 amide bonds. The summed E-state index contributed by atoms with van der Waals surface area (Å²) in [6, 6.07) is 3.91. The Hall–Kier alpha value is -2.91. The number of nitrogens with zero attached hydrogens (tertiary/aromatic N) is 3. The summed E-state index contributed by atoms with van der Waals surface area (Å²) < 4.78 is 31.7. The topological polar surface area (TPSA) is 90.8 Å². The highest BCUT2D eigenvalue weighted by molar-refractivity contribution is 5.88. The smallest absolute Gasteiger partial charge is 0.475 e. The van der Waals surface area contributed by atoms with Crippen LogP contribution in [0.3, 0.4) is 0 Å². The lowest BCUT2D eigenvalue weighted by molar-refractivity contribution is -0.192. The van der Waals surface area contributed by atoms with Crippen molar-refractivity contribution in [3.8, 4) is 0 Å². The quantitative estimate of drug-likeness (QED) is 0.729. The number of carboxylic acid groups (broad SMARTS) is 1. The van der Waals surface area contributed by atoms with Crippen LogP contribution in [-0.2, 0) is 20.9 Å². The largest absolute Gasteiger partial charge is 0.490 e. The third-order valence-corrected chi connectivity index (χ3v) is 5.29. The molecule has 0 bridgehead atoms. The molecule has 0 saturated carbocycles. The molecular weight excluding hydrogens is 415 g/mol. The molecule has 0 atom stereocenters. The van der Waals surface area contributed by atoms with E-state index in [4.69, 9.17) is 9.90 Å². The number of aromatic nitrogens is 1. The lowest BCUT2D eigenvalue weighted by atomic mass is 9.77. The first kappa shape index (κ1) is 24.4. The van der Waals surface area contributed by atoms with E-state index in [1.807, 2.05) is 42.0 Å². The van der Waals surface area contributed by atoms with E-state index in [0.717, 1.165) is 43.6 Å². The summed E-state index contributed by atoms with van der Waals surface area (Å²) in [5.41, 5.74) is 2.14. The second-order valence-corrected chi connectivity index (χ2v) is 8.14. The second kappa shape index (κ2) is 9.93. The molecule has 1 N–H and O–H groups in total. The first-order valence-electron chi connectivity index (χ1n) is 9.82. The Kier molecular flexibility index (Phi) is 7.80. The summed E-state index contributed by atoms with van der Waals surface area (Å²) in [6.07, 6.45) is 2.61. The van der Waals surface area contributed by atoms with Gasteiger partial charge < -0.3 is 14.9 Å².